The van der Waals surface area contributed by atoms with Crippen molar-refractivity contribution in [1.29, 1.82) is 0 Å². The van der Waals surface area contributed by atoms with Gasteiger partial charge in [0.05, 0.1) is 6.42 Å². The van der Waals surface area contributed by atoms with Gasteiger partial charge in [0.25, 0.3) is 0 Å². The molecule has 0 aliphatic rings. The predicted octanol–water partition coefficient (Wildman–Crippen LogP) is 3.34. The Hall–Kier alpha value is -2.17. The number of aromatic nitrogens is 2. The molecule has 0 amide bonds. The van der Waals surface area contributed by atoms with Crippen LogP contribution in [0, 0.1) is 5.41 Å². The van der Waals surface area contributed by atoms with Gasteiger partial charge in [-0.2, -0.15) is 0 Å². The molecule has 5 heteroatoms. The Morgan fingerprint density at radius 3 is 2.48 bits per heavy atom. The number of aliphatic carboxylic acids is 1. The molecule has 1 heterocycles. The second-order valence-corrected chi connectivity index (χ2v) is 5.96. The van der Waals surface area contributed by atoms with Crippen LogP contribution in [0.1, 0.15) is 38.6 Å². The summed E-state index contributed by atoms with van der Waals surface area (Å²) in [7, 11) is 0. The number of hydrogen-bond acceptors (Lipinski definition) is 4. The monoisotopic (exact) mass is 288 g/mol. The fourth-order valence-corrected chi connectivity index (χ4v) is 2.21. The minimum atomic E-state index is -0.824. The van der Waals surface area contributed by atoms with Gasteiger partial charge in [0.1, 0.15) is 0 Å². The number of nitrogens with zero attached hydrogens (tertiary/aromatic N) is 2. The van der Waals surface area contributed by atoms with Crippen LogP contribution in [0.2, 0.25) is 0 Å². The Labute approximate surface area is 124 Å². The Kier molecular flexibility index (Phi) is 4.40. The van der Waals surface area contributed by atoms with Crippen LogP contribution in [0.4, 0.5) is 0 Å². The van der Waals surface area contributed by atoms with Crippen LogP contribution in [0.5, 0.6) is 0 Å². The number of benzene rings is 1. The van der Waals surface area contributed by atoms with Crippen molar-refractivity contribution in [3.05, 3.63) is 35.7 Å². The molecule has 2 aromatic rings. The molecule has 0 bridgehead atoms. The zero-order chi connectivity index (χ0) is 15.5. The summed E-state index contributed by atoms with van der Waals surface area (Å²) in [4.78, 5) is 10.8. The summed E-state index contributed by atoms with van der Waals surface area (Å²) in [5.41, 5.74) is 1.71. The highest BCUT2D eigenvalue weighted by Crippen LogP contribution is 2.27. The molecule has 1 aromatic carbocycles. The zero-order valence-electron chi connectivity index (χ0n) is 12.6. The van der Waals surface area contributed by atoms with E-state index in [0.717, 1.165) is 12.0 Å². The summed E-state index contributed by atoms with van der Waals surface area (Å²) in [5.74, 6) is 0.115. The van der Waals surface area contributed by atoms with Crippen LogP contribution in [-0.4, -0.2) is 21.3 Å². The SMILES string of the molecule is CCc1ccc(-c2nnc(CC(C)(C)CC(=O)O)o2)cc1. The lowest BCUT2D eigenvalue weighted by Crippen LogP contribution is -2.19. The van der Waals surface area contributed by atoms with Crippen molar-refractivity contribution < 1.29 is 14.3 Å². The van der Waals surface area contributed by atoms with Crippen LogP contribution in [0.3, 0.4) is 0 Å². The topological polar surface area (TPSA) is 76.2 Å². The smallest absolute Gasteiger partial charge is 0.303 e. The molecule has 0 saturated heterocycles. The molecule has 0 aliphatic carbocycles. The first-order valence-electron chi connectivity index (χ1n) is 7.03. The van der Waals surface area contributed by atoms with Crippen molar-refractivity contribution in [3.8, 4) is 11.5 Å². The van der Waals surface area contributed by atoms with E-state index in [1.807, 2.05) is 38.1 Å². The van der Waals surface area contributed by atoms with E-state index < -0.39 is 11.4 Å². The number of rotatable bonds is 6. The highest BCUT2D eigenvalue weighted by Gasteiger charge is 2.25. The first-order chi connectivity index (χ1) is 9.89. The van der Waals surface area contributed by atoms with Crippen molar-refractivity contribution in [1.82, 2.24) is 10.2 Å². The highest BCUT2D eigenvalue weighted by atomic mass is 16.4. The fourth-order valence-electron chi connectivity index (χ4n) is 2.21. The van der Waals surface area contributed by atoms with Crippen molar-refractivity contribution in [2.24, 2.45) is 5.41 Å². The van der Waals surface area contributed by atoms with Gasteiger partial charge in [-0.15, -0.1) is 10.2 Å². The first kappa shape index (κ1) is 15.2. The van der Waals surface area contributed by atoms with E-state index in [0.29, 0.717) is 18.2 Å². The lowest BCUT2D eigenvalue weighted by molar-refractivity contribution is -0.139. The largest absolute Gasteiger partial charge is 0.481 e. The maximum absolute atomic E-state index is 10.8. The van der Waals surface area contributed by atoms with E-state index in [-0.39, 0.29) is 6.42 Å². The molecule has 112 valence electrons. The van der Waals surface area contributed by atoms with Gasteiger partial charge in [0.15, 0.2) is 0 Å². The Morgan fingerprint density at radius 1 is 1.24 bits per heavy atom. The Balaban J connectivity index is 2.12. The van der Waals surface area contributed by atoms with Gasteiger partial charge in [0, 0.05) is 12.0 Å². The van der Waals surface area contributed by atoms with E-state index in [1.165, 1.54) is 5.56 Å². The van der Waals surface area contributed by atoms with Gasteiger partial charge in [0.2, 0.25) is 11.8 Å². The lowest BCUT2D eigenvalue weighted by atomic mass is 9.86. The van der Waals surface area contributed by atoms with Crippen LogP contribution >= 0.6 is 0 Å². The maximum atomic E-state index is 10.8. The Bertz CT molecular complexity index is 615. The quantitative estimate of drug-likeness (QED) is 0.882. The number of carboxylic acids is 1. The standard InChI is InChI=1S/C16H20N2O3/c1-4-11-5-7-12(8-6-11)15-18-17-13(21-15)9-16(2,3)10-14(19)20/h5-8H,4,9-10H2,1-3H3,(H,19,20). The average Bonchev–Trinajstić information content (AvgIpc) is 2.85. The van der Waals surface area contributed by atoms with Crippen molar-refractivity contribution in [2.75, 3.05) is 0 Å². The van der Waals surface area contributed by atoms with Gasteiger partial charge < -0.3 is 9.52 Å². The van der Waals surface area contributed by atoms with Gasteiger partial charge in [-0.25, -0.2) is 0 Å². The van der Waals surface area contributed by atoms with E-state index in [1.54, 1.807) is 0 Å². The van der Waals surface area contributed by atoms with E-state index in [2.05, 4.69) is 17.1 Å². The molecule has 0 atom stereocenters. The van der Waals surface area contributed by atoms with Crippen molar-refractivity contribution in [3.63, 3.8) is 0 Å². The van der Waals surface area contributed by atoms with E-state index in [4.69, 9.17) is 9.52 Å². The second-order valence-electron chi connectivity index (χ2n) is 5.96. The number of aryl methyl sites for hydroxylation is 1. The molecule has 0 saturated carbocycles. The summed E-state index contributed by atoms with van der Waals surface area (Å²) in [6.07, 6.45) is 1.49. The Morgan fingerprint density at radius 2 is 1.90 bits per heavy atom. The van der Waals surface area contributed by atoms with Crippen LogP contribution in [0.25, 0.3) is 11.5 Å². The highest BCUT2D eigenvalue weighted by molar-refractivity contribution is 5.67. The molecule has 0 unspecified atom stereocenters. The predicted molar refractivity (Wildman–Crippen MR) is 78.8 cm³/mol. The molecule has 2 rings (SSSR count). The summed E-state index contributed by atoms with van der Waals surface area (Å²) in [5, 5.41) is 17.0. The van der Waals surface area contributed by atoms with Gasteiger partial charge in [-0.05, 0) is 29.5 Å². The van der Waals surface area contributed by atoms with Crippen molar-refractivity contribution in [2.45, 2.75) is 40.0 Å². The first-order valence-corrected chi connectivity index (χ1v) is 7.03. The molecule has 0 fully saturated rings. The lowest BCUT2D eigenvalue weighted by Gasteiger charge is -2.19. The number of carboxylic acid groups (broad SMARTS) is 1. The number of hydrogen-bond donors (Lipinski definition) is 1. The van der Waals surface area contributed by atoms with E-state index in [9.17, 15) is 4.79 Å². The minimum Gasteiger partial charge on any atom is -0.481 e. The molecule has 21 heavy (non-hydrogen) atoms. The summed E-state index contributed by atoms with van der Waals surface area (Å²) in [6.45, 7) is 5.85. The molecule has 0 spiro atoms. The summed E-state index contributed by atoms with van der Waals surface area (Å²) in [6, 6.07) is 7.98. The third-order valence-corrected chi connectivity index (χ3v) is 3.34. The molecule has 5 nitrogen and oxygen atoms in total. The molecule has 0 radical (unpaired) electrons. The average molecular weight is 288 g/mol. The fraction of sp³-hybridized carbons (Fsp3) is 0.438. The third kappa shape index (κ3) is 4.15. The zero-order valence-corrected chi connectivity index (χ0v) is 12.6. The molecule has 0 aliphatic heterocycles. The normalized spacial score (nSPS) is 11.6. The maximum Gasteiger partial charge on any atom is 0.303 e. The third-order valence-electron chi connectivity index (χ3n) is 3.34. The second kappa shape index (κ2) is 6.08. The minimum absolute atomic E-state index is 0.0654. The molecular weight excluding hydrogens is 268 g/mol. The van der Waals surface area contributed by atoms with Crippen molar-refractivity contribution >= 4 is 5.97 Å². The summed E-state index contributed by atoms with van der Waals surface area (Å²) < 4.78 is 5.65. The molecule has 1 aromatic heterocycles. The van der Waals surface area contributed by atoms with Crippen LogP contribution < -0.4 is 0 Å². The molecular formula is C16H20N2O3. The van der Waals surface area contributed by atoms with Gasteiger partial charge in [-0.3, -0.25) is 4.79 Å². The summed E-state index contributed by atoms with van der Waals surface area (Å²) >= 11 is 0. The van der Waals surface area contributed by atoms with Crippen LogP contribution in [-0.2, 0) is 17.6 Å². The van der Waals surface area contributed by atoms with E-state index >= 15 is 0 Å². The van der Waals surface area contributed by atoms with Gasteiger partial charge >= 0.3 is 5.97 Å². The van der Waals surface area contributed by atoms with Gasteiger partial charge in [-0.1, -0.05) is 32.9 Å². The molecule has 1 N–H and O–H groups in total. The van der Waals surface area contributed by atoms with Crippen LogP contribution in [0.15, 0.2) is 28.7 Å². The number of carbonyl (C=O) groups is 1.